The summed E-state index contributed by atoms with van der Waals surface area (Å²) in [5.74, 6) is 1.16. The van der Waals surface area contributed by atoms with E-state index in [1.807, 2.05) is 18.2 Å². The molecule has 1 fully saturated rings. The topological polar surface area (TPSA) is 59.2 Å². The van der Waals surface area contributed by atoms with E-state index < -0.39 is 0 Å². The number of carbonyl (C=O) groups excluding carboxylic acids is 1. The average molecular weight is 219 g/mol. The lowest BCUT2D eigenvalue weighted by Crippen LogP contribution is -2.28. The van der Waals surface area contributed by atoms with Gasteiger partial charge < -0.3 is 5.73 Å². The highest BCUT2D eigenvalue weighted by Gasteiger charge is 2.28. The van der Waals surface area contributed by atoms with Crippen LogP contribution in [0.4, 0.5) is 5.82 Å². The van der Waals surface area contributed by atoms with Crippen LogP contribution in [0.2, 0.25) is 0 Å². The highest BCUT2D eigenvalue weighted by atomic mass is 16.2. The Labute approximate surface area is 95.5 Å². The van der Waals surface area contributed by atoms with Crippen LogP contribution in [0.1, 0.15) is 31.9 Å². The van der Waals surface area contributed by atoms with Gasteiger partial charge in [0.25, 0.3) is 0 Å². The molecule has 0 saturated carbocycles. The number of anilines is 1. The zero-order valence-corrected chi connectivity index (χ0v) is 9.68. The van der Waals surface area contributed by atoms with E-state index >= 15 is 0 Å². The van der Waals surface area contributed by atoms with Gasteiger partial charge >= 0.3 is 0 Å². The third-order valence-corrected chi connectivity index (χ3v) is 2.78. The van der Waals surface area contributed by atoms with Gasteiger partial charge in [-0.05, 0) is 18.1 Å². The van der Waals surface area contributed by atoms with Gasteiger partial charge in [-0.15, -0.1) is 0 Å². The van der Waals surface area contributed by atoms with E-state index in [0.29, 0.717) is 18.9 Å². The van der Waals surface area contributed by atoms with Gasteiger partial charge in [-0.3, -0.25) is 9.69 Å². The van der Waals surface area contributed by atoms with Crippen LogP contribution in [0.15, 0.2) is 18.2 Å². The van der Waals surface area contributed by atoms with Gasteiger partial charge in [-0.1, -0.05) is 19.9 Å². The number of pyridine rings is 1. The van der Waals surface area contributed by atoms with Crippen LogP contribution in [0, 0.1) is 0 Å². The molecule has 2 rings (SSSR count). The monoisotopic (exact) mass is 219 g/mol. The van der Waals surface area contributed by atoms with E-state index in [4.69, 9.17) is 5.73 Å². The van der Waals surface area contributed by atoms with Crippen LogP contribution >= 0.6 is 0 Å². The first kappa shape index (κ1) is 11.1. The fraction of sp³-hybridized carbons (Fsp3) is 0.500. The number of carbonyl (C=O) groups is 1. The molecule has 16 heavy (non-hydrogen) atoms. The van der Waals surface area contributed by atoms with Gasteiger partial charge in [-0.25, -0.2) is 4.98 Å². The molecule has 2 N–H and O–H groups in total. The summed E-state index contributed by atoms with van der Waals surface area (Å²) < 4.78 is 0. The van der Waals surface area contributed by atoms with Crippen molar-refractivity contribution >= 4 is 11.7 Å². The summed E-state index contributed by atoms with van der Waals surface area (Å²) >= 11 is 0. The summed E-state index contributed by atoms with van der Waals surface area (Å²) in [6.45, 7) is 4.75. The van der Waals surface area contributed by atoms with Crippen LogP contribution < -0.4 is 10.6 Å². The second-order valence-electron chi connectivity index (χ2n) is 4.54. The lowest BCUT2D eigenvalue weighted by molar-refractivity contribution is -0.117. The summed E-state index contributed by atoms with van der Waals surface area (Å²) in [7, 11) is 0. The number of rotatable bonds is 2. The number of nitrogens with zero attached hydrogens (tertiary/aromatic N) is 2. The minimum atomic E-state index is -0.0583. The van der Waals surface area contributed by atoms with Crippen molar-refractivity contribution in [3.05, 3.63) is 23.9 Å². The van der Waals surface area contributed by atoms with Gasteiger partial charge in [-0.2, -0.15) is 0 Å². The van der Waals surface area contributed by atoms with Crippen molar-refractivity contribution < 1.29 is 4.79 Å². The maximum Gasteiger partial charge on any atom is 0.229 e. The summed E-state index contributed by atoms with van der Waals surface area (Å²) in [5.41, 5.74) is 6.77. The molecule has 4 heteroatoms. The Morgan fingerprint density at radius 2 is 2.25 bits per heavy atom. The lowest BCUT2D eigenvalue weighted by Gasteiger charge is -2.16. The second kappa shape index (κ2) is 4.22. The maximum atomic E-state index is 11.7. The molecule has 0 unspecified atom stereocenters. The van der Waals surface area contributed by atoms with Crippen molar-refractivity contribution in [3.63, 3.8) is 0 Å². The van der Waals surface area contributed by atoms with E-state index in [9.17, 15) is 4.79 Å². The molecule has 4 nitrogen and oxygen atoms in total. The van der Waals surface area contributed by atoms with Crippen molar-refractivity contribution in [3.8, 4) is 0 Å². The van der Waals surface area contributed by atoms with E-state index in [2.05, 4.69) is 18.8 Å². The summed E-state index contributed by atoms with van der Waals surface area (Å²) in [6.07, 6.45) is 0.424. The summed E-state index contributed by atoms with van der Waals surface area (Å²) in [4.78, 5) is 17.8. The van der Waals surface area contributed by atoms with E-state index in [1.165, 1.54) is 0 Å². The third kappa shape index (κ3) is 2.07. The Morgan fingerprint density at radius 3 is 2.81 bits per heavy atom. The molecule has 0 bridgehead atoms. The number of nitrogens with two attached hydrogens (primary N) is 1. The number of hydrogen-bond donors (Lipinski definition) is 1. The van der Waals surface area contributed by atoms with Crippen molar-refractivity contribution in [1.29, 1.82) is 0 Å². The Kier molecular flexibility index (Phi) is 2.92. The standard InChI is InChI=1S/C12H17N3O/c1-8(2)10-4-3-5-11(14-10)15-7-9(13)6-12(15)16/h3-5,8-9H,6-7,13H2,1-2H3/t9-/m1/s1. The SMILES string of the molecule is CC(C)c1cccc(N2C[C@H](N)CC2=O)n1. The maximum absolute atomic E-state index is 11.7. The Bertz CT molecular complexity index is 403. The first-order valence-corrected chi connectivity index (χ1v) is 5.61. The minimum absolute atomic E-state index is 0.0583. The van der Waals surface area contributed by atoms with E-state index in [0.717, 1.165) is 11.5 Å². The normalized spacial score (nSPS) is 20.9. The Hall–Kier alpha value is -1.42. The van der Waals surface area contributed by atoms with Crippen molar-refractivity contribution in [2.45, 2.75) is 32.2 Å². The molecule has 0 aromatic carbocycles. The highest BCUT2D eigenvalue weighted by molar-refractivity contribution is 5.95. The molecule has 1 aliphatic rings. The minimum Gasteiger partial charge on any atom is -0.326 e. The lowest BCUT2D eigenvalue weighted by atomic mass is 10.1. The van der Waals surface area contributed by atoms with Crippen molar-refractivity contribution in [2.24, 2.45) is 5.73 Å². The molecular weight excluding hydrogens is 202 g/mol. The van der Waals surface area contributed by atoms with Gasteiger partial charge in [0.1, 0.15) is 5.82 Å². The molecular formula is C12H17N3O. The second-order valence-corrected chi connectivity index (χ2v) is 4.54. The van der Waals surface area contributed by atoms with Gasteiger partial charge in [0.2, 0.25) is 5.91 Å². The highest BCUT2D eigenvalue weighted by Crippen LogP contribution is 2.21. The molecule has 1 saturated heterocycles. The molecule has 1 aromatic heterocycles. The fourth-order valence-corrected chi connectivity index (χ4v) is 1.87. The molecule has 0 spiro atoms. The molecule has 0 radical (unpaired) electrons. The zero-order chi connectivity index (χ0) is 11.7. The summed E-state index contributed by atoms with van der Waals surface area (Å²) in [5, 5.41) is 0. The van der Waals surface area contributed by atoms with Gasteiger partial charge in [0.05, 0.1) is 0 Å². The van der Waals surface area contributed by atoms with Crippen LogP contribution in [-0.2, 0) is 4.79 Å². The zero-order valence-electron chi connectivity index (χ0n) is 9.68. The first-order valence-electron chi connectivity index (χ1n) is 5.61. The van der Waals surface area contributed by atoms with Crippen LogP contribution in [0.5, 0.6) is 0 Å². The number of hydrogen-bond acceptors (Lipinski definition) is 3. The molecule has 1 aliphatic heterocycles. The third-order valence-electron chi connectivity index (χ3n) is 2.78. The van der Waals surface area contributed by atoms with Crippen molar-refractivity contribution in [2.75, 3.05) is 11.4 Å². The molecule has 0 aliphatic carbocycles. The Balaban J connectivity index is 2.27. The quantitative estimate of drug-likeness (QED) is 0.814. The predicted octanol–water partition coefficient (Wildman–Crippen LogP) is 1.27. The van der Waals surface area contributed by atoms with E-state index in [-0.39, 0.29) is 11.9 Å². The smallest absolute Gasteiger partial charge is 0.229 e. The largest absolute Gasteiger partial charge is 0.326 e. The van der Waals surface area contributed by atoms with Gasteiger partial charge in [0, 0.05) is 24.7 Å². The molecule has 1 amide bonds. The van der Waals surface area contributed by atoms with E-state index in [1.54, 1.807) is 4.90 Å². The van der Waals surface area contributed by atoms with Crippen LogP contribution in [0.25, 0.3) is 0 Å². The average Bonchev–Trinajstić information content (AvgIpc) is 2.58. The van der Waals surface area contributed by atoms with Crippen LogP contribution in [0.3, 0.4) is 0 Å². The molecule has 1 aromatic rings. The summed E-state index contributed by atoms with van der Waals surface area (Å²) in [6, 6.07) is 5.72. The molecule has 86 valence electrons. The Morgan fingerprint density at radius 1 is 1.50 bits per heavy atom. The number of amides is 1. The molecule has 1 atom stereocenters. The molecule has 2 heterocycles. The van der Waals surface area contributed by atoms with Crippen LogP contribution in [-0.4, -0.2) is 23.5 Å². The predicted molar refractivity (Wildman–Crippen MR) is 63.3 cm³/mol. The van der Waals surface area contributed by atoms with Gasteiger partial charge in [0.15, 0.2) is 0 Å². The fourth-order valence-electron chi connectivity index (χ4n) is 1.87. The number of aromatic nitrogens is 1. The first-order chi connectivity index (χ1) is 7.58. The van der Waals surface area contributed by atoms with Crippen molar-refractivity contribution in [1.82, 2.24) is 4.98 Å².